The van der Waals surface area contributed by atoms with E-state index in [1.54, 1.807) is 0 Å². The van der Waals surface area contributed by atoms with Crippen LogP contribution in [0.4, 0.5) is 0 Å². The van der Waals surface area contributed by atoms with Crippen molar-refractivity contribution in [2.45, 2.75) is 13.0 Å². The average molecular weight is 447 g/mol. The topological polar surface area (TPSA) is 147 Å². The van der Waals surface area contributed by atoms with E-state index in [4.69, 9.17) is 9.15 Å². The molecular weight excluding hydrogens is 426 g/mol. The zero-order valence-corrected chi connectivity index (χ0v) is 18.0. The Morgan fingerprint density at radius 1 is 0.812 bits per heavy atom. The molecule has 2 aromatic rings. The number of benzene rings is 1. The molecule has 0 saturated carbocycles. The smallest absolute Gasteiger partial charge is 0.374 e. The molecule has 0 bridgehead atoms. The predicted molar refractivity (Wildman–Crippen MR) is 107 cm³/mol. The Morgan fingerprint density at radius 3 is 1.94 bits per heavy atom. The number of methoxy groups -OCH3 is 4. The monoisotopic (exact) mass is 447 g/mol. The van der Waals surface area contributed by atoms with Gasteiger partial charge >= 0.3 is 23.9 Å². The number of rotatable bonds is 7. The van der Waals surface area contributed by atoms with Gasteiger partial charge in [-0.3, -0.25) is 4.79 Å². The molecule has 11 heteroatoms. The highest BCUT2D eigenvalue weighted by atomic mass is 16.5. The van der Waals surface area contributed by atoms with Crippen LogP contribution in [0.5, 0.6) is 0 Å². The SMILES string of the molecule is COC(=O)c1oc(-c2ccccc2C(=O)NC(C)C(=O)OC)c(C(=O)OC)c1C(=O)OC. The molecule has 0 radical (unpaired) electrons. The second-order valence-corrected chi connectivity index (χ2v) is 6.25. The van der Waals surface area contributed by atoms with Gasteiger partial charge < -0.3 is 28.7 Å². The van der Waals surface area contributed by atoms with Gasteiger partial charge in [0.05, 0.1) is 34.0 Å². The van der Waals surface area contributed by atoms with Crippen molar-refractivity contribution in [3.63, 3.8) is 0 Å². The van der Waals surface area contributed by atoms with Crippen molar-refractivity contribution in [3.8, 4) is 11.3 Å². The summed E-state index contributed by atoms with van der Waals surface area (Å²) in [5.41, 5.74) is -0.918. The van der Waals surface area contributed by atoms with E-state index in [-0.39, 0.29) is 16.9 Å². The fourth-order valence-electron chi connectivity index (χ4n) is 2.84. The lowest BCUT2D eigenvalue weighted by Crippen LogP contribution is -2.39. The molecule has 0 aliphatic heterocycles. The van der Waals surface area contributed by atoms with Gasteiger partial charge in [-0.25, -0.2) is 19.2 Å². The van der Waals surface area contributed by atoms with Crippen molar-refractivity contribution in [1.82, 2.24) is 5.32 Å². The first-order valence-electron chi connectivity index (χ1n) is 9.11. The summed E-state index contributed by atoms with van der Waals surface area (Å²) in [6.07, 6.45) is 0. The molecule has 1 aromatic carbocycles. The maximum atomic E-state index is 12.8. The van der Waals surface area contributed by atoms with Crippen LogP contribution < -0.4 is 5.32 Å². The van der Waals surface area contributed by atoms with Crippen LogP contribution in [0.1, 0.15) is 48.6 Å². The van der Waals surface area contributed by atoms with Crippen LogP contribution in [0, 0.1) is 0 Å². The molecule has 1 heterocycles. The fourth-order valence-corrected chi connectivity index (χ4v) is 2.84. The highest BCUT2D eigenvalue weighted by Gasteiger charge is 2.36. The molecule has 2 rings (SSSR count). The van der Waals surface area contributed by atoms with Crippen molar-refractivity contribution >= 4 is 29.8 Å². The Balaban J connectivity index is 2.76. The second kappa shape index (κ2) is 10.2. The third-order valence-corrected chi connectivity index (χ3v) is 4.38. The van der Waals surface area contributed by atoms with E-state index in [0.29, 0.717) is 0 Å². The van der Waals surface area contributed by atoms with Gasteiger partial charge in [0, 0.05) is 5.56 Å². The van der Waals surface area contributed by atoms with E-state index in [1.165, 1.54) is 38.3 Å². The zero-order chi connectivity index (χ0) is 24.0. The number of hydrogen-bond donors (Lipinski definition) is 1. The minimum atomic E-state index is -1.05. The Bertz CT molecular complexity index is 1070. The van der Waals surface area contributed by atoms with E-state index in [1.807, 2.05) is 0 Å². The second-order valence-electron chi connectivity index (χ2n) is 6.25. The molecule has 0 spiro atoms. The average Bonchev–Trinajstić information content (AvgIpc) is 3.22. The lowest BCUT2D eigenvalue weighted by Gasteiger charge is -2.13. The maximum Gasteiger partial charge on any atom is 0.374 e. The first-order valence-corrected chi connectivity index (χ1v) is 9.11. The molecule has 0 saturated heterocycles. The van der Waals surface area contributed by atoms with Crippen molar-refractivity contribution < 1.29 is 47.3 Å². The number of hydrogen-bond acceptors (Lipinski definition) is 10. The van der Waals surface area contributed by atoms with Gasteiger partial charge in [0.15, 0.2) is 5.76 Å². The van der Waals surface area contributed by atoms with Gasteiger partial charge in [-0.2, -0.15) is 0 Å². The highest BCUT2D eigenvalue weighted by molar-refractivity contribution is 6.14. The van der Waals surface area contributed by atoms with Crippen LogP contribution in [0.15, 0.2) is 28.7 Å². The van der Waals surface area contributed by atoms with Crippen LogP contribution in [0.3, 0.4) is 0 Å². The number of nitrogens with one attached hydrogen (secondary N) is 1. The molecule has 0 aliphatic rings. The van der Waals surface area contributed by atoms with E-state index < -0.39 is 52.7 Å². The number of carbonyl (C=O) groups excluding carboxylic acids is 5. The highest BCUT2D eigenvalue weighted by Crippen LogP contribution is 2.35. The Labute approximate surface area is 182 Å². The van der Waals surface area contributed by atoms with Gasteiger partial charge in [-0.15, -0.1) is 0 Å². The minimum absolute atomic E-state index is 0.0185. The largest absolute Gasteiger partial charge is 0.467 e. The van der Waals surface area contributed by atoms with Gasteiger partial charge in [-0.05, 0) is 13.0 Å². The van der Waals surface area contributed by atoms with E-state index in [2.05, 4.69) is 19.5 Å². The van der Waals surface area contributed by atoms with Crippen LogP contribution >= 0.6 is 0 Å². The van der Waals surface area contributed by atoms with Gasteiger partial charge in [0.25, 0.3) is 5.91 Å². The summed E-state index contributed by atoms with van der Waals surface area (Å²) in [5, 5.41) is 2.45. The van der Waals surface area contributed by atoms with Crippen LogP contribution in [0.2, 0.25) is 0 Å². The van der Waals surface area contributed by atoms with Crippen molar-refractivity contribution in [3.05, 3.63) is 46.7 Å². The number of carbonyl (C=O) groups is 5. The molecule has 32 heavy (non-hydrogen) atoms. The molecule has 170 valence electrons. The normalized spacial score (nSPS) is 11.2. The lowest BCUT2D eigenvalue weighted by molar-refractivity contribution is -0.142. The molecule has 1 unspecified atom stereocenters. The van der Waals surface area contributed by atoms with E-state index >= 15 is 0 Å². The Kier molecular flexibility index (Phi) is 7.72. The van der Waals surface area contributed by atoms with Crippen LogP contribution in [0.25, 0.3) is 11.3 Å². The quantitative estimate of drug-likeness (QED) is 0.490. The summed E-state index contributed by atoms with van der Waals surface area (Å²) in [4.78, 5) is 61.7. The molecule has 0 fully saturated rings. The van der Waals surface area contributed by atoms with Crippen LogP contribution in [-0.2, 0) is 23.7 Å². The number of ether oxygens (including phenoxy) is 4. The first kappa shape index (κ1) is 24.1. The number of esters is 4. The van der Waals surface area contributed by atoms with Crippen molar-refractivity contribution in [2.75, 3.05) is 28.4 Å². The maximum absolute atomic E-state index is 12.8. The lowest BCUT2D eigenvalue weighted by atomic mass is 9.99. The third-order valence-electron chi connectivity index (χ3n) is 4.38. The van der Waals surface area contributed by atoms with Crippen molar-refractivity contribution in [2.24, 2.45) is 0 Å². The summed E-state index contributed by atoms with van der Waals surface area (Å²) < 4.78 is 24.2. The minimum Gasteiger partial charge on any atom is -0.467 e. The molecule has 11 nitrogen and oxygen atoms in total. The Hall–Kier alpha value is -4.15. The van der Waals surface area contributed by atoms with Gasteiger partial charge in [0.1, 0.15) is 17.2 Å². The van der Waals surface area contributed by atoms with Crippen LogP contribution in [-0.4, -0.2) is 64.3 Å². The standard InChI is InChI=1S/C21H21NO10/c1-10(18(24)28-2)22-17(23)12-9-7-6-8-11(12)15-13(19(25)29-3)14(20(26)30-4)16(32-15)21(27)31-5/h6-10H,1-5H3,(H,22,23). The summed E-state index contributed by atoms with van der Waals surface area (Å²) in [5.74, 6) is -5.40. The molecule has 1 aromatic heterocycles. The summed E-state index contributed by atoms with van der Waals surface area (Å²) in [6.45, 7) is 1.42. The molecular formula is C21H21NO10. The summed E-state index contributed by atoms with van der Waals surface area (Å²) >= 11 is 0. The van der Waals surface area contributed by atoms with Crippen molar-refractivity contribution in [1.29, 1.82) is 0 Å². The van der Waals surface area contributed by atoms with Gasteiger partial charge in [0.2, 0.25) is 5.76 Å². The number of furan rings is 1. The molecule has 1 N–H and O–H groups in total. The van der Waals surface area contributed by atoms with Gasteiger partial charge in [-0.1, -0.05) is 18.2 Å². The number of amides is 1. The molecule has 1 atom stereocenters. The zero-order valence-electron chi connectivity index (χ0n) is 18.0. The van der Waals surface area contributed by atoms with E-state index in [9.17, 15) is 24.0 Å². The first-order chi connectivity index (χ1) is 15.2. The summed E-state index contributed by atoms with van der Waals surface area (Å²) in [6, 6.07) is 4.91. The Morgan fingerprint density at radius 2 is 1.38 bits per heavy atom. The fraction of sp³-hybridized carbons (Fsp3) is 0.286. The predicted octanol–water partition coefficient (Wildman–Crippen LogP) is 1.60. The molecule has 1 amide bonds. The third kappa shape index (κ3) is 4.61. The summed E-state index contributed by atoms with van der Waals surface area (Å²) in [7, 11) is 4.34. The molecule has 0 aliphatic carbocycles. The van der Waals surface area contributed by atoms with E-state index in [0.717, 1.165) is 21.3 Å².